The van der Waals surface area contributed by atoms with E-state index in [1.54, 1.807) is 6.07 Å². The maximum absolute atomic E-state index is 14.0. The van der Waals surface area contributed by atoms with E-state index in [2.05, 4.69) is 29.2 Å². The molecule has 5 nitrogen and oxygen atoms in total. The third kappa shape index (κ3) is 5.07. The highest BCUT2D eigenvalue weighted by Gasteiger charge is 2.28. The first-order valence-corrected chi connectivity index (χ1v) is 12.4. The minimum atomic E-state index is -0.270. The Labute approximate surface area is 201 Å². The van der Waals surface area contributed by atoms with Crippen molar-refractivity contribution in [2.24, 2.45) is 5.92 Å². The highest BCUT2D eigenvalue weighted by Crippen LogP contribution is 2.30. The first kappa shape index (κ1) is 22.8. The molecule has 0 bridgehead atoms. The lowest BCUT2D eigenvalue weighted by molar-refractivity contribution is -0.131. The normalized spacial score (nSPS) is 16.5. The van der Waals surface area contributed by atoms with E-state index < -0.39 is 0 Å². The first-order chi connectivity index (χ1) is 16.6. The van der Waals surface area contributed by atoms with Gasteiger partial charge in [-0.3, -0.25) is 9.69 Å². The zero-order valence-corrected chi connectivity index (χ0v) is 19.9. The monoisotopic (exact) mass is 460 g/mol. The Hall–Kier alpha value is -2.99. The second-order valence-electron chi connectivity index (χ2n) is 9.81. The topological polar surface area (TPSA) is 41.4 Å². The van der Waals surface area contributed by atoms with E-state index in [1.165, 1.54) is 36.1 Å². The maximum Gasteiger partial charge on any atom is 0.222 e. The molecular formula is C28H33FN4O. The average Bonchev–Trinajstić information content (AvgIpc) is 3.48. The second kappa shape index (κ2) is 10.1. The number of carbonyl (C=O) groups excluding carboxylic acids is 1. The summed E-state index contributed by atoms with van der Waals surface area (Å²) in [7, 11) is 1.88. The third-order valence-corrected chi connectivity index (χ3v) is 7.27. The Kier molecular flexibility index (Phi) is 6.77. The molecule has 0 spiro atoms. The lowest BCUT2D eigenvalue weighted by atomic mass is 10.0. The molecule has 3 aromatic rings. The predicted octanol–water partition coefficient (Wildman–Crippen LogP) is 5.11. The number of amides is 1. The van der Waals surface area contributed by atoms with Crippen LogP contribution in [0.5, 0.6) is 0 Å². The summed E-state index contributed by atoms with van der Waals surface area (Å²) in [5, 5.41) is 4.93. The van der Waals surface area contributed by atoms with E-state index in [-0.39, 0.29) is 11.7 Å². The Bertz CT molecular complexity index is 1140. The fourth-order valence-corrected chi connectivity index (χ4v) is 5.40. The van der Waals surface area contributed by atoms with Gasteiger partial charge in [0.15, 0.2) is 0 Å². The number of rotatable bonds is 7. The molecule has 0 N–H and O–H groups in total. The fraction of sp³-hybridized carbons (Fsp3) is 0.429. The number of aromatic nitrogens is 2. The van der Waals surface area contributed by atoms with E-state index in [0.717, 1.165) is 56.0 Å². The Morgan fingerprint density at radius 3 is 2.68 bits per heavy atom. The summed E-state index contributed by atoms with van der Waals surface area (Å²) in [6, 6.07) is 17.1. The van der Waals surface area contributed by atoms with E-state index in [0.29, 0.717) is 18.9 Å². The minimum absolute atomic E-state index is 0.193. The summed E-state index contributed by atoms with van der Waals surface area (Å²) in [6.45, 7) is 3.05. The van der Waals surface area contributed by atoms with E-state index in [1.807, 2.05) is 28.8 Å². The van der Waals surface area contributed by atoms with Crippen LogP contribution in [0.1, 0.15) is 54.6 Å². The standard InChI is InChI=1S/C28H33FN4O/c1-31(28(34)16-21-8-5-6-9-21)20-26-25-19-32(18-22-10-3-2-4-11-22)15-14-27(25)33(30-26)24-13-7-12-23(29)17-24/h2-4,7,10-13,17,21H,5-6,8-9,14-16,18-20H2,1H3. The third-order valence-electron chi connectivity index (χ3n) is 7.27. The highest BCUT2D eigenvalue weighted by molar-refractivity contribution is 5.76. The van der Waals surface area contributed by atoms with Crippen LogP contribution in [0, 0.1) is 11.7 Å². The number of nitrogens with zero attached hydrogens (tertiary/aromatic N) is 4. The van der Waals surface area contributed by atoms with E-state index >= 15 is 0 Å². The maximum atomic E-state index is 14.0. The molecule has 178 valence electrons. The van der Waals surface area contributed by atoms with Crippen molar-refractivity contribution in [3.63, 3.8) is 0 Å². The molecule has 0 radical (unpaired) electrons. The smallest absolute Gasteiger partial charge is 0.222 e. The van der Waals surface area contributed by atoms with Crippen molar-refractivity contribution in [1.82, 2.24) is 19.6 Å². The van der Waals surface area contributed by atoms with Gasteiger partial charge in [-0.1, -0.05) is 49.2 Å². The zero-order chi connectivity index (χ0) is 23.5. The van der Waals surface area contributed by atoms with Crippen LogP contribution in [0.15, 0.2) is 54.6 Å². The summed E-state index contributed by atoms with van der Waals surface area (Å²) < 4.78 is 15.9. The van der Waals surface area contributed by atoms with Crippen LogP contribution in [0.2, 0.25) is 0 Å². The molecule has 1 aliphatic heterocycles. The quantitative estimate of drug-likeness (QED) is 0.492. The molecular weight excluding hydrogens is 427 g/mol. The average molecular weight is 461 g/mol. The molecule has 0 atom stereocenters. The number of halogens is 1. The molecule has 6 heteroatoms. The van der Waals surface area contributed by atoms with Crippen LogP contribution < -0.4 is 0 Å². The largest absolute Gasteiger partial charge is 0.340 e. The molecule has 1 saturated carbocycles. The van der Waals surface area contributed by atoms with Gasteiger partial charge >= 0.3 is 0 Å². The highest BCUT2D eigenvalue weighted by atomic mass is 19.1. The number of carbonyl (C=O) groups is 1. The number of fused-ring (bicyclic) bond motifs is 1. The fourth-order valence-electron chi connectivity index (χ4n) is 5.40. The van der Waals surface area contributed by atoms with Crippen LogP contribution in [0.25, 0.3) is 5.69 Å². The van der Waals surface area contributed by atoms with Crippen molar-refractivity contribution in [3.05, 3.63) is 82.9 Å². The van der Waals surface area contributed by atoms with Gasteiger partial charge in [0.25, 0.3) is 0 Å². The Morgan fingerprint density at radius 1 is 1.12 bits per heavy atom. The van der Waals surface area contributed by atoms with Gasteiger partial charge in [0, 0.05) is 45.1 Å². The minimum Gasteiger partial charge on any atom is -0.340 e. The van der Waals surface area contributed by atoms with Crippen molar-refractivity contribution in [1.29, 1.82) is 0 Å². The molecule has 1 aromatic heterocycles. The summed E-state index contributed by atoms with van der Waals surface area (Å²) in [6.07, 6.45) is 6.28. The van der Waals surface area contributed by atoms with E-state index in [4.69, 9.17) is 5.10 Å². The van der Waals surface area contributed by atoms with Crippen LogP contribution in [0.3, 0.4) is 0 Å². The van der Waals surface area contributed by atoms with Gasteiger partial charge in [0.05, 0.1) is 23.6 Å². The lowest BCUT2D eigenvalue weighted by Gasteiger charge is -2.28. The number of hydrogen-bond acceptors (Lipinski definition) is 3. The molecule has 2 aromatic carbocycles. The van der Waals surface area contributed by atoms with Gasteiger partial charge in [-0.15, -0.1) is 0 Å². The molecule has 2 aliphatic rings. The van der Waals surface area contributed by atoms with Gasteiger partial charge < -0.3 is 4.90 Å². The molecule has 2 heterocycles. The van der Waals surface area contributed by atoms with Crippen molar-refractivity contribution in [2.45, 2.75) is 58.2 Å². The van der Waals surface area contributed by atoms with Gasteiger partial charge in [0.1, 0.15) is 5.82 Å². The van der Waals surface area contributed by atoms with Crippen molar-refractivity contribution < 1.29 is 9.18 Å². The van der Waals surface area contributed by atoms with Crippen LogP contribution in [-0.4, -0.2) is 39.1 Å². The molecule has 0 saturated heterocycles. The zero-order valence-electron chi connectivity index (χ0n) is 19.9. The van der Waals surface area contributed by atoms with Crippen LogP contribution >= 0.6 is 0 Å². The SMILES string of the molecule is CN(Cc1nn(-c2cccc(F)c2)c2c1CN(Cc1ccccc1)CC2)C(=O)CC1CCCC1. The summed E-state index contributed by atoms with van der Waals surface area (Å²) in [4.78, 5) is 17.2. The second-order valence-corrected chi connectivity index (χ2v) is 9.81. The van der Waals surface area contributed by atoms with Crippen molar-refractivity contribution in [3.8, 4) is 5.69 Å². The predicted molar refractivity (Wildman–Crippen MR) is 131 cm³/mol. The van der Waals surface area contributed by atoms with Crippen molar-refractivity contribution in [2.75, 3.05) is 13.6 Å². The summed E-state index contributed by atoms with van der Waals surface area (Å²) in [5.74, 6) is 0.446. The number of benzene rings is 2. The molecule has 1 amide bonds. The van der Waals surface area contributed by atoms with E-state index in [9.17, 15) is 9.18 Å². The lowest BCUT2D eigenvalue weighted by Crippen LogP contribution is -2.32. The van der Waals surface area contributed by atoms with Gasteiger partial charge in [0.2, 0.25) is 5.91 Å². The molecule has 1 fully saturated rings. The molecule has 0 unspecified atom stereocenters. The molecule has 1 aliphatic carbocycles. The van der Waals surface area contributed by atoms with Gasteiger partial charge in [-0.2, -0.15) is 5.10 Å². The van der Waals surface area contributed by atoms with Crippen molar-refractivity contribution >= 4 is 5.91 Å². The Morgan fingerprint density at radius 2 is 1.91 bits per heavy atom. The summed E-state index contributed by atoms with van der Waals surface area (Å²) in [5.41, 5.74) is 5.24. The number of hydrogen-bond donors (Lipinski definition) is 0. The van der Waals surface area contributed by atoms with Gasteiger partial charge in [-0.05, 0) is 42.5 Å². The first-order valence-electron chi connectivity index (χ1n) is 12.4. The van der Waals surface area contributed by atoms with Crippen LogP contribution in [0.4, 0.5) is 4.39 Å². The van der Waals surface area contributed by atoms with Gasteiger partial charge in [-0.25, -0.2) is 9.07 Å². The molecule has 5 rings (SSSR count). The Balaban J connectivity index is 1.40. The molecule has 34 heavy (non-hydrogen) atoms. The summed E-state index contributed by atoms with van der Waals surface area (Å²) >= 11 is 0. The van der Waals surface area contributed by atoms with Crippen LogP contribution in [-0.2, 0) is 30.8 Å².